The first-order valence-corrected chi connectivity index (χ1v) is 9.80. The lowest BCUT2D eigenvalue weighted by atomic mass is 10.2. The van der Waals surface area contributed by atoms with E-state index < -0.39 is 0 Å². The van der Waals surface area contributed by atoms with Gasteiger partial charge in [0.1, 0.15) is 17.7 Å². The van der Waals surface area contributed by atoms with Gasteiger partial charge in [0.05, 0.1) is 11.9 Å². The van der Waals surface area contributed by atoms with E-state index in [0.717, 1.165) is 17.7 Å². The Kier molecular flexibility index (Phi) is 4.90. The average Bonchev–Trinajstić information content (AvgIpc) is 2.60. The Morgan fingerprint density at radius 1 is 1.17 bits per heavy atom. The van der Waals surface area contributed by atoms with Crippen LogP contribution in [0.2, 0.25) is 0 Å². The van der Waals surface area contributed by atoms with Crippen molar-refractivity contribution in [3.8, 4) is 5.75 Å². The highest BCUT2D eigenvalue weighted by molar-refractivity contribution is 7.96. The fourth-order valence-corrected chi connectivity index (χ4v) is 4.54. The average molecular weight is 341 g/mol. The molecule has 0 aliphatic heterocycles. The van der Waals surface area contributed by atoms with Gasteiger partial charge in [0.25, 0.3) is 4.90 Å². The van der Waals surface area contributed by atoms with E-state index in [1.54, 1.807) is 16.8 Å². The second-order valence-electron chi connectivity index (χ2n) is 5.77. The van der Waals surface area contributed by atoms with Crippen LogP contribution in [0.15, 0.2) is 58.4 Å². The molecule has 1 atom stereocenters. The number of hydrogen-bond donors (Lipinski definition) is 1. The lowest BCUT2D eigenvalue weighted by molar-refractivity contribution is 0.463. The van der Waals surface area contributed by atoms with Gasteiger partial charge in [0.2, 0.25) is 0 Å². The summed E-state index contributed by atoms with van der Waals surface area (Å²) in [4.78, 5) is 18.0. The Balaban J connectivity index is 2.25. The Morgan fingerprint density at radius 2 is 1.92 bits per heavy atom. The monoisotopic (exact) mass is 341 g/mol. The molecule has 24 heavy (non-hydrogen) atoms. The molecule has 0 saturated heterocycles. The number of nitrogens with zero attached hydrogens (tertiary/aromatic N) is 2. The lowest BCUT2D eigenvalue weighted by Gasteiger charge is -2.13. The summed E-state index contributed by atoms with van der Waals surface area (Å²) in [5, 5.41) is 11.3. The van der Waals surface area contributed by atoms with Gasteiger partial charge in [-0.15, -0.1) is 0 Å². The van der Waals surface area contributed by atoms with Crippen molar-refractivity contribution in [1.82, 2.24) is 9.55 Å². The summed E-state index contributed by atoms with van der Waals surface area (Å²) in [6, 6.07) is 13.5. The maximum atomic E-state index is 13.1. The summed E-state index contributed by atoms with van der Waals surface area (Å²) in [7, 11) is -0.292. The van der Waals surface area contributed by atoms with Gasteiger partial charge in [-0.25, -0.2) is 4.98 Å². The third-order valence-corrected chi connectivity index (χ3v) is 6.08. The molecule has 2 aromatic heterocycles. The second kappa shape index (κ2) is 7.09. The zero-order chi connectivity index (χ0) is 17.1. The fourth-order valence-electron chi connectivity index (χ4n) is 2.87. The smallest absolute Gasteiger partial charge is 0.311 e. The molecule has 2 heterocycles. The molecule has 1 unspecified atom stereocenters. The normalized spacial score (nSPS) is 12.4. The molecule has 1 N–H and O–H groups in total. The largest absolute Gasteiger partial charge is 0.503 e. The Labute approximate surface area is 144 Å². The SMILES string of the molecule is CCC[S+](C)c1c(O)c2cccnc2n(Cc2ccccc2)c1=O. The minimum atomic E-state index is -0.292. The number of pyridine rings is 2. The van der Waals surface area contributed by atoms with Crippen LogP contribution in [-0.2, 0) is 17.4 Å². The maximum absolute atomic E-state index is 13.1. The molecule has 4 nitrogen and oxygen atoms in total. The Morgan fingerprint density at radius 3 is 2.62 bits per heavy atom. The topological polar surface area (TPSA) is 55.1 Å². The van der Waals surface area contributed by atoms with Crippen LogP contribution in [0.3, 0.4) is 0 Å². The van der Waals surface area contributed by atoms with Gasteiger partial charge in [-0.05, 0) is 24.1 Å². The fraction of sp³-hybridized carbons (Fsp3) is 0.263. The van der Waals surface area contributed by atoms with Crippen molar-refractivity contribution in [2.24, 2.45) is 0 Å². The number of rotatable bonds is 5. The first kappa shape index (κ1) is 16.6. The molecule has 0 radical (unpaired) electrons. The molecule has 0 bridgehead atoms. The van der Waals surface area contributed by atoms with Crippen LogP contribution in [0.25, 0.3) is 11.0 Å². The summed E-state index contributed by atoms with van der Waals surface area (Å²) in [6.45, 7) is 2.54. The van der Waals surface area contributed by atoms with Crippen LogP contribution >= 0.6 is 0 Å². The van der Waals surface area contributed by atoms with Crippen LogP contribution in [0.1, 0.15) is 18.9 Å². The zero-order valence-corrected chi connectivity index (χ0v) is 14.7. The van der Waals surface area contributed by atoms with E-state index >= 15 is 0 Å². The van der Waals surface area contributed by atoms with E-state index in [1.807, 2.05) is 42.7 Å². The molecule has 3 aromatic rings. The number of hydrogen-bond acceptors (Lipinski definition) is 3. The molecular weight excluding hydrogens is 320 g/mol. The molecular formula is C19H21N2O2S+. The first-order chi connectivity index (χ1) is 11.6. The molecule has 3 rings (SSSR count). The molecule has 0 aliphatic carbocycles. The van der Waals surface area contributed by atoms with Crippen LogP contribution in [0, 0.1) is 0 Å². The molecule has 0 amide bonds. The number of benzene rings is 1. The molecule has 0 fully saturated rings. The second-order valence-corrected chi connectivity index (χ2v) is 7.86. The van der Waals surface area contributed by atoms with E-state index in [-0.39, 0.29) is 22.2 Å². The van der Waals surface area contributed by atoms with Crippen molar-refractivity contribution in [3.05, 3.63) is 64.6 Å². The Hall–Kier alpha value is -2.27. The lowest BCUT2D eigenvalue weighted by Crippen LogP contribution is -2.28. The minimum absolute atomic E-state index is 0.0895. The maximum Gasteiger partial charge on any atom is 0.311 e. The van der Waals surface area contributed by atoms with Crippen molar-refractivity contribution in [2.75, 3.05) is 12.0 Å². The summed E-state index contributed by atoms with van der Waals surface area (Å²) in [5.41, 5.74) is 1.43. The van der Waals surface area contributed by atoms with E-state index in [9.17, 15) is 9.90 Å². The quantitative estimate of drug-likeness (QED) is 0.725. The van der Waals surface area contributed by atoms with Crippen LogP contribution < -0.4 is 5.56 Å². The van der Waals surface area contributed by atoms with Gasteiger partial charge in [0.15, 0.2) is 5.75 Å². The Bertz CT molecular complexity index is 906. The molecule has 0 spiro atoms. The van der Waals surface area contributed by atoms with Gasteiger partial charge < -0.3 is 5.11 Å². The van der Waals surface area contributed by atoms with Crippen molar-refractivity contribution in [2.45, 2.75) is 24.8 Å². The summed E-state index contributed by atoms with van der Waals surface area (Å²) in [5.74, 6) is 0.978. The van der Waals surface area contributed by atoms with Crippen molar-refractivity contribution < 1.29 is 5.11 Å². The highest BCUT2D eigenvalue weighted by atomic mass is 32.2. The van der Waals surface area contributed by atoms with E-state index in [0.29, 0.717) is 22.5 Å². The summed E-state index contributed by atoms with van der Waals surface area (Å²) >= 11 is 0. The highest BCUT2D eigenvalue weighted by Gasteiger charge is 2.28. The van der Waals surface area contributed by atoms with E-state index in [1.165, 1.54) is 0 Å². The van der Waals surface area contributed by atoms with Crippen LogP contribution in [-0.4, -0.2) is 26.7 Å². The third kappa shape index (κ3) is 3.04. The van der Waals surface area contributed by atoms with Gasteiger partial charge in [0, 0.05) is 17.1 Å². The van der Waals surface area contributed by atoms with Gasteiger partial charge in [-0.1, -0.05) is 37.3 Å². The van der Waals surface area contributed by atoms with E-state index in [4.69, 9.17) is 0 Å². The minimum Gasteiger partial charge on any atom is -0.503 e. The standard InChI is InChI=1S/C19H20N2O2S/c1-3-12-24(2)17-16(22)15-10-7-11-20-18(15)21(19(17)23)13-14-8-5-4-6-9-14/h4-11H,3,12-13H2,1-2H3/p+1. The van der Waals surface area contributed by atoms with Gasteiger partial charge in [-0.2, -0.15) is 0 Å². The summed E-state index contributed by atoms with van der Waals surface area (Å²) in [6.07, 6.45) is 4.65. The first-order valence-electron chi connectivity index (χ1n) is 8.00. The molecule has 0 saturated carbocycles. The predicted octanol–water partition coefficient (Wildman–Crippen LogP) is 3.17. The number of fused-ring (bicyclic) bond motifs is 1. The van der Waals surface area contributed by atoms with E-state index in [2.05, 4.69) is 11.9 Å². The molecule has 124 valence electrons. The predicted molar refractivity (Wildman–Crippen MR) is 99.9 cm³/mol. The molecule has 0 aliphatic rings. The van der Waals surface area contributed by atoms with Crippen molar-refractivity contribution >= 4 is 21.9 Å². The van der Waals surface area contributed by atoms with Crippen molar-refractivity contribution in [1.29, 1.82) is 0 Å². The third-order valence-electron chi connectivity index (χ3n) is 3.99. The van der Waals surface area contributed by atoms with Crippen molar-refractivity contribution in [3.63, 3.8) is 0 Å². The number of aromatic nitrogens is 2. The number of aromatic hydroxyl groups is 1. The van der Waals surface area contributed by atoms with Gasteiger partial charge in [-0.3, -0.25) is 9.36 Å². The summed E-state index contributed by atoms with van der Waals surface area (Å²) < 4.78 is 1.68. The molecule has 1 aromatic carbocycles. The highest BCUT2D eigenvalue weighted by Crippen LogP contribution is 2.29. The van der Waals surface area contributed by atoms with Gasteiger partial charge >= 0.3 is 5.56 Å². The van der Waals surface area contributed by atoms with Crippen LogP contribution in [0.5, 0.6) is 5.75 Å². The zero-order valence-electron chi connectivity index (χ0n) is 13.9. The molecule has 5 heteroatoms. The van der Waals surface area contributed by atoms with Crippen LogP contribution in [0.4, 0.5) is 0 Å².